The van der Waals surface area contributed by atoms with Crippen LogP contribution in [0.1, 0.15) is 129 Å². The molecule has 3 heteroatoms. The van der Waals surface area contributed by atoms with Gasteiger partial charge in [0.15, 0.2) is 0 Å². The van der Waals surface area contributed by atoms with E-state index < -0.39 is 0 Å². The zero-order chi connectivity index (χ0) is 20.1. The lowest BCUT2D eigenvalue weighted by atomic mass is 10.0. The first-order chi connectivity index (χ1) is 13.8. The normalized spacial score (nSPS) is 14.6. The molecule has 0 aliphatic heterocycles. The van der Waals surface area contributed by atoms with E-state index in [9.17, 15) is 4.79 Å². The van der Waals surface area contributed by atoms with Crippen LogP contribution < -0.4 is 10.6 Å². The first-order valence-electron chi connectivity index (χ1n) is 12.8. The minimum absolute atomic E-state index is 0.215. The van der Waals surface area contributed by atoms with Crippen LogP contribution in [0.3, 0.4) is 0 Å². The Kier molecular flexibility index (Phi) is 17.9. The molecule has 0 saturated heterocycles. The Labute approximate surface area is 176 Å². The molecule has 166 valence electrons. The predicted octanol–water partition coefficient (Wildman–Crippen LogP) is 6.75. The van der Waals surface area contributed by atoms with E-state index in [2.05, 4.69) is 17.6 Å². The lowest BCUT2D eigenvalue weighted by molar-refractivity contribution is -0.121. The van der Waals surface area contributed by atoms with Crippen LogP contribution >= 0.6 is 0 Å². The van der Waals surface area contributed by atoms with Crippen LogP contribution in [0.25, 0.3) is 0 Å². The van der Waals surface area contributed by atoms with E-state index in [-0.39, 0.29) is 5.91 Å². The Morgan fingerprint density at radius 3 is 1.82 bits per heavy atom. The van der Waals surface area contributed by atoms with Crippen LogP contribution in [0.5, 0.6) is 0 Å². The van der Waals surface area contributed by atoms with Gasteiger partial charge in [0.25, 0.3) is 0 Å². The molecule has 0 unspecified atom stereocenters. The van der Waals surface area contributed by atoms with Gasteiger partial charge >= 0.3 is 0 Å². The zero-order valence-electron chi connectivity index (χ0n) is 19.0. The highest BCUT2D eigenvalue weighted by atomic mass is 16.1. The van der Waals surface area contributed by atoms with Gasteiger partial charge in [-0.1, -0.05) is 110 Å². The summed E-state index contributed by atoms with van der Waals surface area (Å²) in [6.45, 7) is 5.05. The lowest BCUT2D eigenvalue weighted by Gasteiger charge is -2.10. The van der Waals surface area contributed by atoms with E-state index in [1.54, 1.807) is 0 Å². The van der Waals surface area contributed by atoms with E-state index in [1.807, 2.05) is 0 Å². The number of nitrogens with one attached hydrogen (secondary N) is 2. The summed E-state index contributed by atoms with van der Waals surface area (Å²) in [7, 11) is 0. The van der Waals surface area contributed by atoms with Crippen molar-refractivity contribution < 1.29 is 4.79 Å². The van der Waals surface area contributed by atoms with Crippen molar-refractivity contribution in [3.05, 3.63) is 0 Å². The summed E-state index contributed by atoms with van der Waals surface area (Å²) in [5.41, 5.74) is 0. The van der Waals surface area contributed by atoms with E-state index in [4.69, 9.17) is 0 Å². The fourth-order valence-corrected chi connectivity index (χ4v) is 4.39. The third-order valence-corrected chi connectivity index (χ3v) is 6.34. The summed E-state index contributed by atoms with van der Waals surface area (Å²) in [6.07, 6.45) is 25.5. The number of hydrogen-bond acceptors (Lipinski definition) is 2. The van der Waals surface area contributed by atoms with Gasteiger partial charge in [-0.3, -0.25) is 4.79 Å². The van der Waals surface area contributed by atoms with Crippen LogP contribution in [0, 0.1) is 5.92 Å². The van der Waals surface area contributed by atoms with Crippen LogP contribution in [-0.2, 0) is 4.79 Å². The molecule has 0 bridgehead atoms. The molecule has 1 fully saturated rings. The number of rotatable bonds is 20. The average Bonchev–Trinajstić information content (AvgIpc) is 3.21. The van der Waals surface area contributed by atoms with E-state index in [1.165, 1.54) is 109 Å². The quantitative estimate of drug-likeness (QED) is 0.224. The molecule has 1 saturated carbocycles. The Hall–Kier alpha value is -0.570. The average molecular weight is 395 g/mol. The van der Waals surface area contributed by atoms with Crippen molar-refractivity contribution in [2.75, 3.05) is 19.6 Å². The Balaban J connectivity index is 1.70. The SMILES string of the molecule is CCCCCCCCCCCCCCCNC(=O)CCNCCC1CCCC1. The van der Waals surface area contributed by atoms with Crippen molar-refractivity contribution >= 4 is 5.91 Å². The van der Waals surface area contributed by atoms with Crippen molar-refractivity contribution in [2.45, 2.75) is 129 Å². The second-order valence-corrected chi connectivity index (χ2v) is 9.03. The van der Waals surface area contributed by atoms with Gasteiger partial charge in [0, 0.05) is 19.5 Å². The molecular formula is C25H50N2O. The third kappa shape index (κ3) is 16.4. The molecule has 1 amide bonds. The molecule has 0 spiro atoms. The second-order valence-electron chi connectivity index (χ2n) is 9.03. The molecule has 1 aliphatic carbocycles. The fourth-order valence-electron chi connectivity index (χ4n) is 4.39. The Morgan fingerprint density at radius 2 is 1.25 bits per heavy atom. The molecule has 1 rings (SSSR count). The topological polar surface area (TPSA) is 41.1 Å². The molecule has 0 radical (unpaired) electrons. The minimum atomic E-state index is 0.215. The molecule has 3 nitrogen and oxygen atoms in total. The maximum absolute atomic E-state index is 11.8. The molecule has 0 aromatic carbocycles. The van der Waals surface area contributed by atoms with Crippen LogP contribution in [0.15, 0.2) is 0 Å². The molecule has 0 heterocycles. The molecule has 2 N–H and O–H groups in total. The summed E-state index contributed by atoms with van der Waals surface area (Å²) >= 11 is 0. The minimum Gasteiger partial charge on any atom is -0.356 e. The number of unbranched alkanes of at least 4 members (excludes halogenated alkanes) is 12. The van der Waals surface area contributed by atoms with Gasteiger partial charge in [0.05, 0.1) is 0 Å². The number of carbonyl (C=O) groups is 1. The van der Waals surface area contributed by atoms with Crippen molar-refractivity contribution in [2.24, 2.45) is 5.92 Å². The predicted molar refractivity (Wildman–Crippen MR) is 123 cm³/mol. The highest BCUT2D eigenvalue weighted by Crippen LogP contribution is 2.26. The van der Waals surface area contributed by atoms with Gasteiger partial charge in [-0.15, -0.1) is 0 Å². The van der Waals surface area contributed by atoms with E-state index in [0.29, 0.717) is 6.42 Å². The summed E-state index contributed by atoms with van der Waals surface area (Å²) in [5.74, 6) is 1.16. The van der Waals surface area contributed by atoms with Crippen molar-refractivity contribution in [3.63, 3.8) is 0 Å². The number of hydrogen-bond donors (Lipinski definition) is 2. The van der Waals surface area contributed by atoms with Gasteiger partial charge in [-0.25, -0.2) is 0 Å². The molecular weight excluding hydrogens is 344 g/mol. The monoisotopic (exact) mass is 394 g/mol. The van der Waals surface area contributed by atoms with Gasteiger partial charge < -0.3 is 10.6 Å². The third-order valence-electron chi connectivity index (χ3n) is 6.34. The largest absolute Gasteiger partial charge is 0.356 e. The van der Waals surface area contributed by atoms with E-state index in [0.717, 1.165) is 32.0 Å². The van der Waals surface area contributed by atoms with Crippen LogP contribution in [0.2, 0.25) is 0 Å². The standard InChI is InChI=1S/C25H50N2O/c1-2-3-4-5-6-7-8-9-10-11-12-13-16-21-27-25(28)20-23-26-22-19-24-17-14-15-18-24/h24,26H,2-23H2,1H3,(H,27,28). The van der Waals surface area contributed by atoms with Crippen molar-refractivity contribution in [3.8, 4) is 0 Å². The fraction of sp³-hybridized carbons (Fsp3) is 0.960. The molecule has 0 aromatic rings. The van der Waals surface area contributed by atoms with Gasteiger partial charge in [-0.05, 0) is 25.3 Å². The van der Waals surface area contributed by atoms with E-state index >= 15 is 0 Å². The number of carbonyl (C=O) groups excluding carboxylic acids is 1. The lowest BCUT2D eigenvalue weighted by Crippen LogP contribution is -2.29. The summed E-state index contributed by atoms with van der Waals surface area (Å²) in [6, 6.07) is 0. The highest BCUT2D eigenvalue weighted by Gasteiger charge is 2.13. The Morgan fingerprint density at radius 1 is 0.714 bits per heavy atom. The summed E-state index contributed by atoms with van der Waals surface area (Å²) in [4.78, 5) is 11.8. The van der Waals surface area contributed by atoms with Crippen molar-refractivity contribution in [1.82, 2.24) is 10.6 Å². The van der Waals surface area contributed by atoms with Crippen molar-refractivity contribution in [1.29, 1.82) is 0 Å². The van der Waals surface area contributed by atoms with Crippen LogP contribution in [-0.4, -0.2) is 25.5 Å². The molecule has 28 heavy (non-hydrogen) atoms. The van der Waals surface area contributed by atoms with Gasteiger partial charge in [0.2, 0.25) is 5.91 Å². The Bertz CT molecular complexity index is 339. The maximum atomic E-state index is 11.8. The molecule has 1 aliphatic rings. The molecule has 0 atom stereocenters. The van der Waals surface area contributed by atoms with Crippen LogP contribution in [0.4, 0.5) is 0 Å². The molecule has 0 aromatic heterocycles. The highest BCUT2D eigenvalue weighted by molar-refractivity contribution is 5.75. The summed E-state index contributed by atoms with van der Waals surface area (Å²) in [5, 5.41) is 6.51. The van der Waals surface area contributed by atoms with Gasteiger partial charge in [-0.2, -0.15) is 0 Å². The second kappa shape index (κ2) is 19.7. The maximum Gasteiger partial charge on any atom is 0.221 e. The zero-order valence-corrected chi connectivity index (χ0v) is 19.0. The van der Waals surface area contributed by atoms with Gasteiger partial charge in [0.1, 0.15) is 0 Å². The first-order valence-corrected chi connectivity index (χ1v) is 12.8. The smallest absolute Gasteiger partial charge is 0.221 e. The summed E-state index contributed by atoms with van der Waals surface area (Å²) < 4.78 is 0. The number of amides is 1. The first kappa shape index (κ1) is 25.5.